The Morgan fingerprint density at radius 1 is 1.08 bits per heavy atom. The van der Waals surface area contributed by atoms with Crippen LogP contribution in [0, 0.1) is 17.8 Å². The van der Waals surface area contributed by atoms with Crippen LogP contribution in [0.3, 0.4) is 0 Å². The first kappa shape index (κ1) is 22.2. The third-order valence-corrected chi connectivity index (χ3v) is 4.02. The number of carboxylic acids is 1. The Labute approximate surface area is 144 Å². The van der Waals surface area contributed by atoms with Gasteiger partial charge in [-0.1, -0.05) is 47.5 Å². The summed E-state index contributed by atoms with van der Waals surface area (Å²) in [6.07, 6.45) is -0.0501. The SMILES string of the molecule is CCC[C@@H](C)[C@@H](C)[C@@H](CC(=O)O)NC(=O)O[C@H](OC(C)=O)C(C)C. The number of ether oxygens (including phenoxy) is 2. The van der Waals surface area contributed by atoms with Gasteiger partial charge in [-0.2, -0.15) is 0 Å². The van der Waals surface area contributed by atoms with E-state index in [1.54, 1.807) is 13.8 Å². The van der Waals surface area contributed by atoms with Crippen LogP contribution in [0.1, 0.15) is 60.8 Å². The number of amides is 1. The Kier molecular flexibility index (Phi) is 10.1. The van der Waals surface area contributed by atoms with E-state index in [-0.39, 0.29) is 24.2 Å². The Hall–Kier alpha value is -1.79. The summed E-state index contributed by atoms with van der Waals surface area (Å²) in [6.45, 7) is 10.7. The van der Waals surface area contributed by atoms with Crippen molar-refractivity contribution in [1.82, 2.24) is 5.32 Å². The number of carbonyl (C=O) groups excluding carboxylic acids is 2. The molecular formula is C17H31NO6. The molecule has 24 heavy (non-hydrogen) atoms. The minimum atomic E-state index is -1.00. The molecule has 0 aromatic rings. The lowest BCUT2D eigenvalue weighted by Gasteiger charge is -2.29. The van der Waals surface area contributed by atoms with Crippen molar-refractivity contribution in [2.24, 2.45) is 17.8 Å². The van der Waals surface area contributed by atoms with Gasteiger partial charge in [0.15, 0.2) is 0 Å². The number of carbonyl (C=O) groups is 3. The molecule has 0 saturated carbocycles. The fourth-order valence-corrected chi connectivity index (χ4v) is 2.42. The van der Waals surface area contributed by atoms with Gasteiger partial charge < -0.3 is 19.9 Å². The van der Waals surface area contributed by atoms with Crippen molar-refractivity contribution in [2.45, 2.75) is 73.1 Å². The van der Waals surface area contributed by atoms with Gasteiger partial charge in [0.1, 0.15) is 0 Å². The summed E-state index contributed by atoms with van der Waals surface area (Å²) in [5.41, 5.74) is 0. The maximum absolute atomic E-state index is 12.1. The van der Waals surface area contributed by atoms with Crippen LogP contribution in [0.15, 0.2) is 0 Å². The molecule has 0 aliphatic heterocycles. The standard InChI is InChI=1S/C17H31NO6/c1-7-8-11(4)12(5)14(9-15(20)21)18-17(22)24-16(10(2)3)23-13(6)19/h10-12,14,16H,7-9H2,1-6H3,(H,18,22)(H,20,21)/t11-,12-,14-,16+/m1/s1. The smallest absolute Gasteiger partial charge is 0.410 e. The van der Waals surface area contributed by atoms with Gasteiger partial charge in [-0.05, 0) is 11.8 Å². The molecule has 7 nitrogen and oxygen atoms in total. The van der Waals surface area contributed by atoms with Gasteiger partial charge >= 0.3 is 18.0 Å². The molecule has 0 saturated heterocycles. The first-order valence-corrected chi connectivity index (χ1v) is 8.44. The molecule has 0 bridgehead atoms. The Morgan fingerprint density at radius 2 is 1.67 bits per heavy atom. The zero-order valence-electron chi connectivity index (χ0n) is 15.5. The van der Waals surface area contributed by atoms with E-state index < -0.39 is 30.4 Å². The molecule has 4 atom stereocenters. The van der Waals surface area contributed by atoms with Gasteiger partial charge in [-0.15, -0.1) is 0 Å². The minimum absolute atomic E-state index is 0.0279. The lowest BCUT2D eigenvalue weighted by molar-refractivity contribution is -0.172. The molecule has 0 heterocycles. The quantitative estimate of drug-likeness (QED) is 0.466. The maximum Gasteiger partial charge on any atom is 0.410 e. The van der Waals surface area contributed by atoms with Gasteiger partial charge in [0.2, 0.25) is 0 Å². The highest BCUT2D eigenvalue weighted by atomic mass is 16.7. The normalized spacial score (nSPS) is 16.0. The molecule has 0 unspecified atom stereocenters. The van der Waals surface area contributed by atoms with Crippen LogP contribution in [0.2, 0.25) is 0 Å². The largest absolute Gasteiger partial charge is 0.481 e. The number of nitrogens with one attached hydrogen (secondary N) is 1. The average Bonchev–Trinajstić information content (AvgIpc) is 2.44. The molecule has 0 aromatic heterocycles. The molecule has 0 rings (SSSR count). The molecule has 0 aliphatic carbocycles. The monoisotopic (exact) mass is 345 g/mol. The van der Waals surface area contributed by atoms with Crippen LogP contribution < -0.4 is 5.32 Å². The van der Waals surface area contributed by atoms with Crippen LogP contribution in [0.25, 0.3) is 0 Å². The van der Waals surface area contributed by atoms with E-state index >= 15 is 0 Å². The van der Waals surface area contributed by atoms with Crippen LogP contribution in [0.5, 0.6) is 0 Å². The highest BCUT2D eigenvalue weighted by Gasteiger charge is 2.28. The second kappa shape index (κ2) is 10.9. The topological polar surface area (TPSA) is 102 Å². The van der Waals surface area contributed by atoms with Crippen molar-refractivity contribution >= 4 is 18.0 Å². The fraction of sp³-hybridized carbons (Fsp3) is 0.824. The number of alkyl carbamates (subject to hydrolysis) is 1. The summed E-state index contributed by atoms with van der Waals surface area (Å²) >= 11 is 0. The first-order chi connectivity index (χ1) is 11.1. The Bertz CT molecular complexity index is 423. The second-order valence-corrected chi connectivity index (χ2v) is 6.60. The predicted molar refractivity (Wildman–Crippen MR) is 89.3 cm³/mol. The number of aliphatic carboxylic acids is 1. The van der Waals surface area contributed by atoms with E-state index in [9.17, 15) is 14.4 Å². The Balaban J connectivity index is 4.90. The van der Waals surface area contributed by atoms with Crippen LogP contribution >= 0.6 is 0 Å². The molecule has 0 fully saturated rings. The summed E-state index contributed by atoms with van der Waals surface area (Å²) in [4.78, 5) is 34.3. The molecule has 140 valence electrons. The van der Waals surface area contributed by atoms with Crippen molar-refractivity contribution in [3.05, 3.63) is 0 Å². The van der Waals surface area contributed by atoms with Gasteiger partial charge in [0.05, 0.1) is 6.42 Å². The summed E-state index contributed by atoms with van der Waals surface area (Å²) in [5, 5.41) is 11.7. The van der Waals surface area contributed by atoms with Crippen molar-refractivity contribution in [3.8, 4) is 0 Å². The number of carboxylic acid groups (broad SMARTS) is 1. The maximum atomic E-state index is 12.1. The summed E-state index contributed by atoms with van der Waals surface area (Å²) in [5.74, 6) is -1.52. The zero-order chi connectivity index (χ0) is 18.9. The van der Waals surface area contributed by atoms with Crippen LogP contribution in [-0.4, -0.2) is 35.5 Å². The van der Waals surface area contributed by atoms with E-state index in [1.165, 1.54) is 6.92 Å². The van der Waals surface area contributed by atoms with Crippen LogP contribution in [-0.2, 0) is 19.1 Å². The Morgan fingerprint density at radius 3 is 2.08 bits per heavy atom. The highest BCUT2D eigenvalue weighted by molar-refractivity contribution is 5.72. The van der Waals surface area contributed by atoms with Gasteiger partial charge in [-0.25, -0.2) is 4.79 Å². The number of esters is 1. The van der Waals surface area contributed by atoms with Crippen molar-refractivity contribution in [2.75, 3.05) is 0 Å². The fourth-order valence-electron chi connectivity index (χ4n) is 2.42. The lowest BCUT2D eigenvalue weighted by Crippen LogP contribution is -2.45. The van der Waals surface area contributed by atoms with Crippen molar-refractivity contribution in [3.63, 3.8) is 0 Å². The van der Waals surface area contributed by atoms with Gasteiger partial charge in [0, 0.05) is 18.9 Å². The molecule has 0 spiro atoms. The van der Waals surface area contributed by atoms with Crippen LogP contribution in [0.4, 0.5) is 4.79 Å². The third kappa shape index (κ3) is 8.74. The average molecular weight is 345 g/mol. The first-order valence-electron chi connectivity index (χ1n) is 8.44. The van der Waals surface area contributed by atoms with Crippen molar-refractivity contribution in [1.29, 1.82) is 0 Å². The summed E-state index contributed by atoms with van der Waals surface area (Å²) in [6, 6.07) is -0.554. The van der Waals surface area contributed by atoms with E-state index in [0.717, 1.165) is 12.8 Å². The molecule has 1 amide bonds. The predicted octanol–water partition coefficient (Wildman–Crippen LogP) is 3.17. The second-order valence-electron chi connectivity index (χ2n) is 6.60. The molecule has 7 heteroatoms. The zero-order valence-corrected chi connectivity index (χ0v) is 15.5. The van der Waals surface area contributed by atoms with E-state index in [0.29, 0.717) is 0 Å². The summed E-state index contributed by atoms with van der Waals surface area (Å²) < 4.78 is 10.1. The molecule has 0 radical (unpaired) electrons. The van der Waals surface area contributed by atoms with E-state index in [2.05, 4.69) is 12.2 Å². The third-order valence-electron chi connectivity index (χ3n) is 4.02. The molecule has 0 aromatic carbocycles. The number of hydrogen-bond donors (Lipinski definition) is 2. The number of hydrogen-bond acceptors (Lipinski definition) is 5. The van der Waals surface area contributed by atoms with Gasteiger partial charge in [0.25, 0.3) is 6.29 Å². The highest BCUT2D eigenvalue weighted by Crippen LogP contribution is 2.22. The van der Waals surface area contributed by atoms with Crippen molar-refractivity contribution < 1.29 is 29.0 Å². The van der Waals surface area contributed by atoms with E-state index in [1.807, 2.05) is 13.8 Å². The minimum Gasteiger partial charge on any atom is -0.481 e. The lowest BCUT2D eigenvalue weighted by atomic mass is 9.84. The molecule has 2 N–H and O–H groups in total. The van der Waals surface area contributed by atoms with E-state index in [4.69, 9.17) is 14.6 Å². The van der Waals surface area contributed by atoms with Gasteiger partial charge in [-0.3, -0.25) is 9.59 Å². The molecular weight excluding hydrogens is 314 g/mol. The molecule has 0 aliphatic rings. The summed E-state index contributed by atoms with van der Waals surface area (Å²) in [7, 11) is 0. The number of rotatable bonds is 10.